The van der Waals surface area contributed by atoms with Crippen molar-refractivity contribution in [1.29, 1.82) is 0 Å². The summed E-state index contributed by atoms with van der Waals surface area (Å²) < 4.78 is 117. The number of anilines is 2. The smallest absolute Gasteiger partial charge is 0.433 e. The number of amides is 1. The number of benzene rings is 1. The largest absolute Gasteiger partial charge is 0.496 e. The highest BCUT2D eigenvalue weighted by Crippen LogP contribution is 2.35. The highest BCUT2D eigenvalue weighted by atomic mass is 32.2. The average Bonchev–Trinajstić information content (AvgIpc) is 2.84. The Morgan fingerprint density at radius 3 is 2.36 bits per heavy atom. The molecule has 3 rings (SSSR count). The molecule has 0 bridgehead atoms. The van der Waals surface area contributed by atoms with E-state index < -0.39 is 63.1 Å². The first-order valence-corrected chi connectivity index (χ1v) is 13.1. The van der Waals surface area contributed by atoms with Crippen LogP contribution in [0.3, 0.4) is 0 Å². The molecule has 210 valence electrons. The molecule has 0 aliphatic carbocycles. The Balaban J connectivity index is 2.03. The van der Waals surface area contributed by atoms with Gasteiger partial charge in [-0.3, -0.25) is 4.79 Å². The fourth-order valence-corrected chi connectivity index (χ4v) is 4.68. The van der Waals surface area contributed by atoms with Crippen LogP contribution in [-0.2, 0) is 26.5 Å². The van der Waals surface area contributed by atoms with Crippen LogP contribution in [0.15, 0.2) is 47.0 Å². The Labute approximate surface area is 218 Å². The monoisotopic (exact) mass is 578 g/mol. The summed E-state index contributed by atoms with van der Waals surface area (Å²) in [5.41, 5.74) is -1.71. The normalized spacial score (nSPS) is 13.5. The number of carbonyl (C=O) groups excluding carboxylic acids is 1. The third-order valence-corrected chi connectivity index (χ3v) is 6.63. The molecule has 15 heteroatoms. The van der Waals surface area contributed by atoms with E-state index in [0.717, 1.165) is 43.6 Å². The van der Waals surface area contributed by atoms with Gasteiger partial charge < -0.3 is 10.1 Å². The molecule has 7 nitrogen and oxygen atoms in total. The Kier molecular flexibility index (Phi) is 8.53. The number of halogens is 7. The van der Waals surface area contributed by atoms with Crippen LogP contribution in [0.4, 0.5) is 42.4 Å². The Morgan fingerprint density at radius 1 is 1.05 bits per heavy atom. The number of pyridine rings is 2. The maximum Gasteiger partial charge on any atom is 0.433 e. The molecule has 1 amide bonds. The summed E-state index contributed by atoms with van der Waals surface area (Å²) in [5, 5.41) is 2.49. The minimum atomic E-state index is -4.97. The molecule has 0 radical (unpaired) electrons. The van der Waals surface area contributed by atoms with E-state index >= 15 is 0 Å². The number of alkyl halides is 5. The van der Waals surface area contributed by atoms with Crippen LogP contribution in [-0.4, -0.2) is 39.4 Å². The molecule has 0 saturated heterocycles. The summed E-state index contributed by atoms with van der Waals surface area (Å²) in [7, 11) is -2.49. The summed E-state index contributed by atoms with van der Waals surface area (Å²) in [5.74, 6) is -8.75. The lowest BCUT2D eigenvalue weighted by molar-refractivity contribution is -0.142. The first-order valence-electron chi connectivity index (χ1n) is 11.0. The minimum absolute atomic E-state index is 0.0183. The summed E-state index contributed by atoms with van der Waals surface area (Å²) in [6, 6.07) is 5.99. The Bertz CT molecular complexity index is 1520. The number of hydrogen-bond donors (Lipinski definition) is 1. The number of ether oxygens (including phenoxy) is 1. The zero-order chi connectivity index (χ0) is 29.2. The fourth-order valence-electron chi connectivity index (χ4n) is 3.35. The topological polar surface area (TPSA) is 93.5 Å². The van der Waals surface area contributed by atoms with Crippen LogP contribution in [0.5, 0.6) is 5.75 Å². The minimum Gasteiger partial charge on any atom is -0.496 e. The van der Waals surface area contributed by atoms with E-state index in [1.54, 1.807) is 0 Å². The van der Waals surface area contributed by atoms with Crippen LogP contribution in [0.25, 0.3) is 11.1 Å². The molecule has 1 unspecified atom stereocenters. The third-order valence-electron chi connectivity index (χ3n) is 5.21. The molecule has 2 heterocycles. The molecule has 1 atom stereocenters. The van der Waals surface area contributed by atoms with Gasteiger partial charge >= 0.3 is 18.0 Å². The van der Waals surface area contributed by atoms with Gasteiger partial charge in [-0.25, -0.2) is 23.0 Å². The average molecular weight is 579 g/mol. The van der Waals surface area contributed by atoms with Crippen molar-refractivity contribution in [3.8, 4) is 16.9 Å². The molecule has 0 aliphatic rings. The number of hydrogen-bond acceptors (Lipinski definition) is 6. The lowest BCUT2D eigenvalue weighted by Crippen LogP contribution is -2.27. The summed E-state index contributed by atoms with van der Waals surface area (Å²) in [6.07, 6.45) is -4.23. The van der Waals surface area contributed by atoms with E-state index in [4.69, 9.17) is 4.74 Å². The zero-order valence-electron chi connectivity index (χ0n) is 20.6. The van der Waals surface area contributed by atoms with E-state index in [2.05, 4.69) is 19.6 Å². The second kappa shape index (κ2) is 11.2. The van der Waals surface area contributed by atoms with Gasteiger partial charge in [0.15, 0.2) is 0 Å². The molecule has 0 spiro atoms. The second-order valence-corrected chi connectivity index (χ2v) is 10.7. The number of aromatic nitrogens is 2. The first-order chi connectivity index (χ1) is 18.0. The molecular formula is C24H21F7N4O3S. The van der Waals surface area contributed by atoms with Gasteiger partial charge in [-0.2, -0.15) is 26.3 Å². The fraction of sp³-hybridized carbons (Fsp3) is 0.292. The van der Waals surface area contributed by atoms with Crippen molar-refractivity contribution in [3.63, 3.8) is 0 Å². The number of rotatable bonds is 8. The molecular weight excluding hydrogens is 557 g/mol. The van der Waals surface area contributed by atoms with Crippen LogP contribution < -0.4 is 10.1 Å². The standard InChI is InChI=1S/C24H21F7N4O3S/c1-4-23(27,28)22(36)35-39(3,37)12-13-7-19(24(29,30)31)33-21(8-13)34-20-10-16(17(26)11-32-20)15-6-5-14(25)9-18(15)38-2/h5-11H,4,12H2,1-3H3,(H,32,33,34). The van der Waals surface area contributed by atoms with Crippen molar-refractivity contribution in [1.82, 2.24) is 9.97 Å². The molecule has 1 N–H and O–H groups in total. The molecule has 0 aliphatic heterocycles. The number of carbonyl (C=O) groups is 1. The molecule has 3 aromatic rings. The van der Waals surface area contributed by atoms with Crippen molar-refractivity contribution < 1.29 is 44.5 Å². The van der Waals surface area contributed by atoms with Gasteiger partial charge in [-0.1, -0.05) is 6.92 Å². The first kappa shape index (κ1) is 29.8. The van der Waals surface area contributed by atoms with Crippen LogP contribution >= 0.6 is 0 Å². The van der Waals surface area contributed by atoms with Gasteiger partial charge in [0.2, 0.25) is 0 Å². The Hall–Kier alpha value is -3.75. The van der Waals surface area contributed by atoms with Crippen molar-refractivity contribution in [3.05, 3.63) is 65.5 Å². The van der Waals surface area contributed by atoms with E-state index in [1.807, 2.05) is 0 Å². The van der Waals surface area contributed by atoms with Crippen LogP contribution in [0.1, 0.15) is 24.6 Å². The SMILES string of the molecule is CCC(F)(F)C(=O)N=S(C)(=O)Cc1cc(Nc2cc(-c3ccc(F)cc3OC)c(F)cn2)nc(C(F)(F)F)c1. The van der Waals surface area contributed by atoms with E-state index in [0.29, 0.717) is 6.07 Å². The maximum absolute atomic E-state index is 14.6. The maximum atomic E-state index is 14.6. The predicted molar refractivity (Wildman–Crippen MR) is 129 cm³/mol. The van der Waals surface area contributed by atoms with Crippen LogP contribution in [0.2, 0.25) is 0 Å². The van der Waals surface area contributed by atoms with Crippen molar-refractivity contribution in [2.75, 3.05) is 18.7 Å². The molecule has 39 heavy (non-hydrogen) atoms. The van der Waals surface area contributed by atoms with Gasteiger partial charge in [0, 0.05) is 29.9 Å². The highest BCUT2D eigenvalue weighted by molar-refractivity contribution is 7.92. The van der Waals surface area contributed by atoms with Gasteiger partial charge in [0.1, 0.15) is 34.7 Å². The van der Waals surface area contributed by atoms with Gasteiger partial charge in [0.05, 0.1) is 28.8 Å². The van der Waals surface area contributed by atoms with E-state index in [-0.39, 0.29) is 28.3 Å². The van der Waals surface area contributed by atoms with E-state index in [9.17, 15) is 39.7 Å². The summed E-state index contributed by atoms with van der Waals surface area (Å²) in [6.45, 7) is 1.02. The molecule has 0 fully saturated rings. The van der Waals surface area contributed by atoms with Gasteiger partial charge in [0.25, 0.3) is 0 Å². The van der Waals surface area contributed by atoms with Gasteiger partial charge in [-0.15, -0.1) is 0 Å². The highest BCUT2D eigenvalue weighted by Gasteiger charge is 2.37. The second-order valence-electron chi connectivity index (χ2n) is 8.32. The summed E-state index contributed by atoms with van der Waals surface area (Å²) in [4.78, 5) is 18.9. The summed E-state index contributed by atoms with van der Waals surface area (Å²) >= 11 is 0. The van der Waals surface area contributed by atoms with Crippen molar-refractivity contribution in [2.45, 2.75) is 31.2 Å². The van der Waals surface area contributed by atoms with Crippen LogP contribution in [0, 0.1) is 11.6 Å². The van der Waals surface area contributed by atoms with E-state index in [1.165, 1.54) is 13.2 Å². The molecule has 2 aromatic heterocycles. The number of nitrogens with one attached hydrogen (secondary N) is 1. The Morgan fingerprint density at radius 2 is 1.74 bits per heavy atom. The molecule has 0 saturated carbocycles. The lowest BCUT2D eigenvalue weighted by atomic mass is 10.0. The zero-order valence-corrected chi connectivity index (χ0v) is 21.4. The number of methoxy groups -OCH3 is 1. The molecule has 1 aromatic carbocycles. The number of nitrogens with zero attached hydrogens (tertiary/aromatic N) is 3. The van der Waals surface area contributed by atoms with Crippen molar-refractivity contribution >= 4 is 27.3 Å². The van der Waals surface area contributed by atoms with Gasteiger partial charge in [-0.05, 0) is 35.9 Å². The van der Waals surface area contributed by atoms with Crippen molar-refractivity contribution in [2.24, 2.45) is 4.36 Å². The lowest BCUT2D eigenvalue weighted by Gasteiger charge is -2.15. The third kappa shape index (κ3) is 7.43. The quantitative estimate of drug-likeness (QED) is 0.313. The predicted octanol–water partition coefficient (Wildman–Crippen LogP) is 6.36.